The van der Waals surface area contributed by atoms with Crippen molar-refractivity contribution >= 4 is 11.9 Å². The van der Waals surface area contributed by atoms with E-state index in [0.717, 1.165) is 5.56 Å². The number of aryl methyl sites for hydroxylation is 1. The second-order valence-electron chi connectivity index (χ2n) is 4.22. The van der Waals surface area contributed by atoms with E-state index in [1.54, 1.807) is 24.3 Å². The van der Waals surface area contributed by atoms with Crippen LogP contribution in [0.4, 0.5) is 27.6 Å². The third kappa shape index (κ3) is 2.79. The SMILES string of the molecule is CCc1ccccc1N=Cc1c(F)c(F)c(F)c(F)c1F. The lowest BCUT2D eigenvalue weighted by Crippen LogP contribution is -2.06. The fourth-order valence-electron chi connectivity index (χ4n) is 1.81. The molecule has 0 N–H and O–H groups in total. The number of para-hydroxylation sites is 1. The summed E-state index contributed by atoms with van der Waals surface area (Å²) in [5, 5.41) is 0. The van der Waals surface area contributed by atoms with E-state index in [1.807, 2.05) is 6.92 Å². The maximum Gasteiger partial charge on any atom is 0.200 e. The molecule has 0 aliphatic rings. The molecule has 1 nitrogen and oxygen atoms in total. The van der Waals surface area contributed by atoms with Crippen LogP contribution in [-0.4, -0.2) is 6.21 Å². The van der Waals surface area contributed by atoms with Crippen LogP contribution in [0.5, 0.6) is 0 Å². The van der Waals surface area contributed by atoms with Crippen molar-refractivity contribution in [3.05, 3.63) is 64.5 Å². The molecule has 0 atom stereocenters. The number of aliphatic imine (C=N–C) groups is 1. The predicted molar refractivity (Wildman–Crippen MR) is 69.3 cm³/mol. The number of benzene rings is 2. The first-order valence-electron chi connectivity index (χ1n) is 6.10. The van der Waals surface area contributed by atoms with E-state index < -0.39 is 34.6 Å². The van der Waals surface area contributed by atoms with Crippen LogP contribution in [-0.2, 0) is 6.42 Å². The minimum atomic E-state index is -2.18. The van der Waals surface area contributed by atoms with E-state index >= 15 is 0 Å². The average Bonchev–Trinajstić information content (AvgIpc) is 2.51. The summed E-state index contributed by atoms with van der Waals surface area (Å²) in [7, 11) is 0. The van der Waals surface area contributed by atoms with Gasteiger partial charge in [-0.25, -0.2) is 22.0 Å². The van der Waals surface area contributed by atoms with Gasteiger partial charge in [-0.1, -0.05) is 25.1 Å². The van der Waals surface area contributed by atoms with Crippen LogP contribution in [0.25, 0.3) is 0 Å². The van der Waals surface area contributed by atoms with Crippen LogP contribution < -0.4 is 0 Å². The Morgan fingerprint density at radius 1 is 0.857 bits per heavy atom. The van der Waals surface area contributed by atoms with Crippen molar-refractivity contribution in [2.24, 2.45) is 4.99 Å². The highest BCUT2D eigenvalue weighted by Crippen LogP contribution is 2.23. The van der Waals surface area contributed by atoms with Crippen molar-refractivity contribution in [2.75, 3.05) is 0 Å². The molecule has 0 spiro atoms. The molecule has 0 bridgehead atoms. The van der Waals surface area contributed by atoms with Gasteiger partial charge >= 0.3 is 0 Å². The summed E-state index contributed by atoms with van der Waals surface area (Å²) in [4.78, 5) is 3.82. The second kappa shape index (κ2) is 6.03. The molecule has 21 heavy (non-hydrogen) atoms. The molecule has 2 aromatic carbocycles. The molecule has 2 rings (SSSR count). The maximum atomic E-state index is 13.5. The minimum Gasteiger partial charge on any atom is -0.256 e. The summed E-state index contributed by atoms with van der Waals surface area (Å²) in [6.45, 7) is 1.85. The monoisotopic (exact) mass is 299 g/mol. The molecular weight excluding hydrogens is 289 g/mol. The number of hydrogen-bond donors (Lipinski definition) is 0. The van der Waals surface area contributed by atoms with Crippen molar-refractivity contribution in [1.29, 1.82) is 0 Å². The number of nitrogens with zero attached hydrogens (tertiary/aromatic N) is 1. The topological polar surface area (TPSA) is 12.4 Å². The first-order chi connectivity index (χ1) is 9.97. The van der Waals surface area contributed by atoms with E-state index in [-0.39, 0.29) is 0 Å². The zero-order chi connectivity index (χ0) is 15.6. The Labute approximate surface area is 117 Å². The molecule has 0 heterocycles. The van der Waals surface area contributed by atoms with Gasteiger partial charge in [0.25, 0.3) is 0 Å². The Hall–Kier alpha value is -2.24. The van der Waals surface area contributed by atoms with Gasteiger partial charge in [0.2, 0.25) is 5.82 Å². The summed E-state index contributed by atoms with van der Waals surface area (Å²) in [5.74, 6) is -9.96. The van der Waals surface area contributed by atoms with Crippen molar-refractivity contribution in [1.82, 2.24) is 0 Å². The zero-order valence-corrected chi connectivity index (χ0v) is 10.9. The first kappa shape index (κ1) is 15.2. The van der Waals surface area contributed by atoms with Gasteiger partial charge in [0.1, 0.15) is 0 Å². The smallest absolute Gasteiger partial charge is 0.200 e. The Bertz CT molecular complexity index is 680. The van der Waals surface area contributed by atoms with Gasteiger partial charge < -0.3 is 0 Å². The highest BCUT2D eigenvalue weighted by molar-refractivity contribution is 5.83. The Morgan fingerprint density at radius 3 is 1.95 bits per heavy atom. The van der Waals surface area contributed by atoms with Crippen LogP contribution in [0.15, 0.2) is 29.3 Å². The van der Waals surface area contributed by atoms with Gasteiger partial charge in [0.05, 0.1) is 11.3 Å². The maximum absolute atomic E-state index is 13.5. The van der Waals surface area contributed by atoms with Gasteiger partial charge in [-0.3, -0.25) is 4.99 Å². The molecule has 0 aromatic heterocycles. The largest absolute Gasteiger partial charge is 0.256 e. The van der Waals surface area contributed by atoms with Crippen LogP contribution in [0, 0.1) is 29.1 Å². The third-order valence-corrected chi connectivity index (χ3v) is 2.95. The number of rotatable bonds is 3. The van der Waals surface area contributed by atoms with Crippen molar-refractivity contribution in [2.45, 2.75) is 13.3 Å². The summed E-state index contributed by atoms with van der Waals surface area (Å²) in [6.07, 6.45) is 1.26. The molecular formula is C15H10F5N. The molecule has 0 unspecified atom stereocenters. The number of hydrogen-bond acceptors (Lipinski definition) is 1. The van der Waals surface area contributed by atoms with Gasteiger partial charge in [0, 0.05) is 6.21 Å². The molecule has 0 aliphatic heterocycles. The van der Waals surface area contributed by atoms with Crippen LogP contribution in [0.2, 0.25) is 0 Å². The molecule has 110 valence electrons. The van der Waals surface area contributed by atoms with E-state index in [0.29, 0.717) is 18.3 Å². The van der Waals surface area contributed by atoms with E-state index in [9.17, 15) is 22.0 Å². The Balaban J connectivity index is 2.52. The van der Waals surface area contributed by atoms with E-state index in [1.165, 1.54) is 0 Å². The average molecular weight is 299 g/mol. The quantitative estimate of drug-likeness (QED) is 0.337. The standard InChI is InChI=1S/C15H10F5N/c1-2-8-5-3-4-6-10(8)21-7-9-11(16)13(18)15(20)14(19)12(9)17/h3-7H,2H2,1H3. The summed E-state index contributed by atoms with van der Waals surface area (Å²) >= 11 is 0. The lowest BCUT2D eigenvalue weighted by atomic mass is 10.1. The minimum absolute atomic E-state index is 0.406. The highest BCUT2D eigenvalue weighted by Gasteiger charge is 2.24. The molecule has 6 heteroatoms. The number of halogens is 5. The molecule has 0 fully saturated rings. The molecule has 0 radical (unpaired) electrons. The van der Waals surface area contributed by atoms with E-state index in [4.69, 9.17) is 0 Å². The van der Waals surface area contributed by atoms with E-state index in [2.05, 4.69) is 4.99 Å². The van der Waals surface area contributed by atoms with Gasteiger partial charge in [-0.15, -0.1) is 0 Å². The third-order valence-electron chi connectivity index (χ3n) is 2.95. The van der Waals surface area contributed by atoms with Crippen LogP contribution in [0.3, 0.4) is 0 Å². The van der Waals surface area contributed by atoms with Gasteiger partial charge in [0.15, 0.2) is 23.3 Å². The molecule has 0 aliphatic carbocycles. The van der Waals surface area contributed by atoms with Crippen molar-refractivity contribution in [3.8, 4) is 0 Å². The van der Waals surface area contributed by atoms with Crippen molar-refractivity contribution in [3.63, 3.8) is 0 Å². The van der Waals surface area contributed by atoms with Crippen molar-refractivity contribution < 1.29 is 22.0 Å². The highest BCUT2D eigenvalue weighted by atomic mass is 19.2. The molecule has 0 amide bonds. The zero-order valence-electron chi connectivity index (χ0n) is 10.9. The fourth-order valence-corrected chi connectivity index (χ4v) is 1.81. The van der Waals surface area contributed by atoms with Gasteiger partial charge in [-0.05, 0) is 18.1 Å². The Morgan fingerprint density at radius 2 is 1.38 bits per heavy atom. The summed E-state index contributed by atoms with van der Waals surface area (Å²) in [6, 6.07) is 6.76. The lowest BCUT2D eigenvalue weighted by molar-refractivity contribution is 0.377. The molecule has 0 saturated heterocycles. The fraction of sp³-hybridized carbons (Fsp3) is 0.133. The molecule has 2 aromatic rings. The normalized spacial score (nSPS) is 11.3. The summed E-state index contributed by atoms with van der Waals surface area (Å²) < 4.78 is 66.0. The lowest BCUT2D eigenvalue weighted by Gasteiger charge is -2.05. The second-order valence-corrected chi connectivity index (χ2v) is 4.22. The molecule has 0 saturated carbocycles. The van der Waals surface area contributed by atoms with Crippen LogP contribution >= 0.6 is 0 Å². The predicted octanol–water partition coefficient (Wildman–Crippen LogP) is 4.70. The summed E-state index contributed by atoms with van der Waals surface area (Å²) in [5.41, 5.74) is 0.138. The van der Waals surface area contributed by atoms with Gasteiger partial charge in [-0.2, -0.15) is 0 Å². The first-order valence-corrected chi connectivity index (χ1v) is 6.10. The van der Waals surface area contributed by atoms with Crippen LogP contribution in [0.1, 0.15) is 18.1 Å². The Kier molecular flexibility index (Phi) is 4.35.